The van der Waals surface area contributed by atoms with E-state index in [9.17, 15) is 5.11 Å². The Morgan fingerprint density at radius 2 is 0.760 bits per heavy atom. The Labute approximate surface area is 157 Å². The Balaban J connectivity index is 0. The molecular formula is C20H45BO4. The van der Waals surface area contributed by atoms with Crippen LogP contribution in [0.2, 0.25) is 0 Å². The molecule has 0 radical (unpaired) electrons. The maximum absolute atomic E-state index is 9.95. The van der Waals surface area contributed by atoms with Crippen LogP contribution in [-0.4, -0.2) is 33.6 Å². The van der Waals surface area contributed by atoms with Crippen molar-refractivity contribution in [3.05, 3.63) is 0 Å². The van der Waals surface area contributed by atoms with E-state index in [2.05, 4.69) is 13.8 Å². The molecule has 0 amide bonds. The van der Waals surface area contributed by atoms with Gasteiger partial charge in [0.1, 0.15) is 0 Å². The van der Waals surface area contributed by atoms with E-state index >= 15 is 0 Å². The number of hydrogen-bond donors (Lipinski definition) is 4. The molecule has 1 unspecified atom stereocenters. The summed E-state index contributed by atoms with van der Waals surface area (Å²) < 4.78 is 0. The summed E-state index contributed by atoms with van der Waals surface area (Å²) in [5.41, 5.74) is 0. The maximum atomic E-state index is 9.95. The van der Waals surface area contributed by atoms with E-state index in [1.807, 2.05) is 0 Å². The summed E-state index contributed by atoms with van der Waals surface area (Å²) in [6.07, 6.45) is 22.3. The molecule has 0 spiro atoms. The lowest BCUT2D eigenvalue weighted by Gasteiger charge is -2.10. The van der Waals surface area contributed by atoms with Gasteiger partial charge >= 0.3 is 7.32 Å². The second-order valence-corrected chi connectivity index (χ2v) is 7.17. The normalized spacial score (nSPS) is 11.8. The molecule has 0 aliphatic rings. The number of unbranched alkanes of at least 4 members (excludes halogenated alkanes) is 13. The molecule has 0 saturated heterocycles. The van der Waals surface area contributed by atoms with Gasteiger partial charge in [0.2, 0.25) is 0 Å². The van der Waals surface area contributed by atoms with Gasteiger partial charge in [0, 0.05) is 0 Å². The molecule has 0 aromatic carbocycles. The Hall–Kier alpha value is -0.0951. The zero-order chi connectivity index (χ0) is 19.2. The van der Waals surface area contributed by atoms with E-state index in [1.54, 1.807) is 0 Å². The van der Waals surface area contributed by atoms with Gasteiger partial charge in [0.05, 0.1) is 6.10 Å². The minimum atomic E-state index is -2.17. The second kappa shape index (κ2) is 23.9. The summed E-state index contributed by atoms with van der Waals surface area (Å²) >= 11 is 0. The lowest BCUT2D eigenvalue weighted by Crippen LogP contribution is -2.07. The van der Waals surface area contributed by atoms with Crippen molar-refractivity contribution in [2.45, 2.75) is 129 Å². The summed E-state index contributed by atoms with van der Waals surface area (Å²) in [7, 11) is -2.17. The highest BCUT2D eigenvalue weighted by atomic mass is 16.5. The molecule has 1 atom stereocenters. The molecule has 0 fully saturated rings. The van der Waals surface area contributed by atoms with Gasteiger partial charge in [-0.1, -0.05) is 110 Å². The van der Waals surface area contributed by atoms with Crippen molar-refractivity contribution in [1.29, 1.82) is 0 Å². The Morgan fingerprint density at radius 3 is 1.04 bits per heavy atom. The molecule has 0 aliphatic carbocycles. The molecule has 0 heterocycles. The van der Waals surface area contributed by atoms with Crippen LogP contribution in [0.1, 0.15) is 123 Å². The fourth-order valence-electron chi connectivity index (χ4n) is 3.00. The molecule has 0 bridgehead atoms. The molecule has 0 rings (SSSR count). The van der Waals surface area contributed by atoms with Crippen molar-refractivity contribution in [2.24, 2.45) is 0 Å². The van der Waals surface area contributed by atoms with E-state index in [-0.39, 0.29) is 6.10 Å². The first-order chi connectivity index (χ1) is 12.0. The van der Waals surface area contributed by atoms with Crippen molar-refractivity contribution in [3.8, 4) is 0 Å². The zero-order valence-corrected chi connectivity index (χ0v) is 17.0. The molecule has 0 aromatic heterocycles. The highest BCUT2D eigenvalue weighted by molar-refractivity contribution is 6.30. The number of hydrogen-bond acceptors (Lipinski definition) is 4. The van der Waals surface area contributed by atoms with Crippen LogP contribution in [0, 0.1) is 0 Å². The van der Waals surface area contributed by atoms with Gasteiger partial charge in [0.25, 0.3) is 0 Å². The van der Waals surface area contributed by atoms with Gasteiger partial charge in [-0.2, -0.15) is 0 Å². The molecule has 0 aliphatic heterocycles. The first-order valence-electron chi connectivity index (χ1n) is 10.8. The van der Waals surface area contributed by atoms with Crippen LogP contribution in [0.3, 0.4) is 0 Å². The number of aliphatic hydroxyl groups is 1. The van der Waals surface area contributed by atoms with Crippen molar-refractivity contribution < 1.29 is 20.2 Å². The van der Waals surface area contributed by atoms with Crippen molar-refractivity contribution in [3.63, 3.8) is 0 Å². The van der Waals surface area contributed by atoms with E-state index in [4.69, 9.17) is 15.1 Å². The highest BCUT2D eigenvalue weighted by Crippen LogP contribution is 2.14. The molecule has 0 saturated carbocycles. The van der Waals surface area contributed by atoms with Crippen LogP contribution >= 0.6 is 0 Å². The minimum absolute atomic E-state index is 0.0271. The molecule has 4 nitrogen and oxygen atoms in total. The van der Waals surface area contributed by atoms with Crippen LogP contribution in [-0.2, 0) is 0 Å². The van der Waals surface area contributed by atoms with Crippen LogP contribution in [0.25, 0.3) is 0 Å². The Morgan fingerprint density at radius 1 is 0.520 bits per heavy atom. The van der Waals surface area contributed by atoms with Crippen LogP contribution in [0.5, 0.6) is 0 Å². The molecule has 25 heavy (non-hydrogen) atoms. The fraction of sp³-hybridized carbons (Fsp3) is 1.00. The SMILES string of the molecule is CCCCCCCCCCCC(O)CCCCCCCC.OB(O)O. The monoisotopic (exact) mass is 360 g/mol. The number of rotatable bonds is 17. The smallest absolute Gasteiger partial charge is 0.402 e. The van der Waals surface area contributed by atoms with Gasteiger partial charge in [0.15, 0.2) is 0 Å². The zero-order valence-electron chi connectivity index (χ0n) is 17.0. The maximum Gasteiger partial charge on any atom is 0.631 e. The van der Waals surface area contributed by atoms with Gasteiger partial charge in [-0.15, -0.1) is 0 Å². The molecule has 4 N–H and O–H groups in total. The summed E-state index contributed by atoms with van der Waals surface area (Å²) in [6, 6.07) is 0. The standard InChI is InChI=1S/C20H42O.BH3O3/c1-3-5-7-9-11-12-13-15-17-19-20(21)18-16-14-10-8-6-4-2;2-1(3)4/h20-21H,3-19H2,1-2H3;2-4H. The lowest BCUT2D eigenvalue weighted by atomic mass is 10.0. The van der Waals surface area contributed by atoms with E-state index in [0.29, 0.717) is 0 Å². The van der Waals surface area contributed by atoms with Crippen molar-refractivity contribution >= 4 is 7.32 Å². The summed E-state index contributed by atoms with van der Waals surface area (Å²) in [5.74, 6) is 0. The van der Waals surface area contributed by atoms with Gasteiger partial charge in [-0.05, 0) is 12.8 Å². The van der Waals surface area contributed by atoms with Crippen molar-refractivity contribution in [2.75, 3.05) is 0 Å². The average Bonchev–Trinajstić information content (AvgIpc) is 2.56. The van der Waals surface area contributed by atoms with E-state index in [0.717, 1.165) is 12.8 Å². The third kappa shape index (κ3) is 32.1. The highest BCUT2D eigenvalue weighted by Gasteiger charge is 2.03. The topological polar surface area (TPSA) is 80.9 Å². The average molecular weight is 360 g/mol. The molecule has 152 valence electrons. The third-order valence-corrected chi connectivity index (χ3v) is 4.53. The first kappa shape index (κ1) is 27.1. The lowest BCUT2D eigenvalue weighted by molar-refractivity contribution is 0.147. The second-order valence-electron chi connectivity index (χ2n) is 7.17. The Kier molecular flexibility index (Phi) is 25.9. The summed E-state index contributed by atoms with van der Waals surface area (Å²) in [6.45, 7) is 4.53. The van der Waals surface area contributed by atoms with Gasteiger partial charge in [-0.25, -0.2) is 0 Å². The Bertz CT molecular complexity index is 225. The first-order valence-corrected chi connectivity index (χ1v) is 10.8. The predicted octanol–water partition coefficient (Wildman–Crippen LogP) is 4.97. The van der Waals surface area contributed by atoms with Crippen LogP contribution in [0.4, 0.5) is 0 Å². The quantitative estimate of drug-likeness (QED) is 0.218. The minimum Gasteiger partial charge on any atom is -0.402 e. The third-order valence-electron chi connectivity index (χ3n) is 4.53. The van der Waals surface area contributed by atoms with Crippen LogP contribution < -0.4 is 0 Å². The molecular weight excluding hydrogens is 315 g/mol. The largest absolute Gasteiger partial charge is 0.631 e. The van der Waals surface area contributed by atoms with Crippen LogP contribution in [0.15, 0.2) is 0 Å². The molecule has 5 heteroatoms. The van der Waals surface area contributed by atoms with Crippen molar-refractivity contribution in [1.82, 2.24) is 0 Å². The van der Waals surface area contributed by atoms with Gasteiger partial charge in [-0.3, -0.25) is 0 Å². The predicted molar refractivity (Wildman–Crippen MR) is 108 cm³/mol. The van der Waals surface area contributed by atoms with Gasteiger partial charge < -0.3 is 20.2 Å². The fourth-order valence-corrected chi connectivity index (χ4v) is 3.00. The molecule has 0 aromatic rings. The summed E-state index contributed by atoms with van der Waals surface area (Å²) in [4.78, 5) is 0. The number of aliphatic hydroxyl groups excluding tert-OH is 1. The summed E-state index contributed by atoms with van der Waals surface area (Å²) in [5, 5.41) is 31.5. The van der Waals surface area contributed by atoms with E-state index < -0.39 is 7.32 Å². The van der Waals surface area contributed by atoms with E-state index in [1.165, 1.54) is 96.3 Å².